The lowest BCUT2D eigenvalue weighted by molar-refractivity contribution is 0.948. The Bertz CT molecular complexity index is 766. The molecule has 0 saturated carbocycles. The second kappa shape index (κ2) is 6.06. The van der Waals surface area contributed by atoms with Crippen LogP contribution in [0.25, 0.3) is 5.57 Å². The Kier molecular flexibility index (Phi) is 3.79. The van der Waals surface area contributed by atoms with E-state index in [-0.39, 0.29) is 0 Å². The molecule has 22 heavy (non-hydrogen) atoms. The third-order valence-electron chi connectivity index (χ3n) is 3.31. The molecule has 6 heteroatoms. The summed E-state index contributed by atoms with van der Waals surface area (Å²) in [5.74, 6) is 0.467. The summed E-state index contributed by atoms with van der Waals surface area (Å²) in [6.07, 6.45) is 11.0. The second-order valence-electron chi connectivity index (χ2n) is 4.84. The van der Waals surface area contributed by atoms with Crippen LogP contribution in [-0.2, 0) is 0 Å². The van der Waals surface area contributed by atoms with Gasteiger partial charge in [-0.25, -0.2) is 15.0 Å². The highest BCUT2D eigenvalue weighted by atomic mass is 15.1. The summed E-state index contributed by atoms with van der Waals surface area (Å²) in [6.45, 7) is 0. The van der Waals surface area contributed by atoms with Crippen LogP contribution in [0.5, 0.6) is 0 Å². The zero-order valence-corrected chi connectivity index (χ0v) is 11.8. The van der Waals surface area contributed by atoms with Crippen molar-refractivity contribution in [3.05, 3.63) is 59.8 Å². The maximum atomic E-state index is 8.72. The van der Waals surface area contributed by atoms with Gasteiger partial charge in [-0.3, -0.25) is 0 Å². The average Bonchev–Trinajstić information content (AvgIpc) is 2.57. The molecule has 0 fully saturated rings. The first-order valence-corrected chi connectivity index (χ1v) is 6.87. The van der Waals surface area contributed by atoms with Crippen molar-refractivity contribution in [1.82, 2.24) is 15.0 Å². The van der Waals surface area contributed by atoms with Gasteiger partial charge in [0, 0.05) is 29.2 Å². The predicted molar refractivity (Wildman–Crippen MR) is 83.7 cm³/mol. The summed E-state index contributed by atoms with van der Waals surface area (Å²) >= 11 is 0. The number of aromatic nitrogens is 3. The highest BCUT2D eigenvalue weighted by Crippen LogP contribution is 2.24. The van der Waals surface area contributed by atoms with E-state index in [4.69, 9.17) is 11.0 Å². The van der Waals surface area contributed by atoms with Crippen molar-refractivity contribution in [3.63, 3.8) is 0 Å². The molecule has 0 bridgehead atoms. The zero-order chi connectivity index (χ0) is 15.4. The number of nitrogens with two attached hydrogens (primary N) is 1. The lowest BCUT2D eigenvalue weighted by atomic mass is 9.99. The molecule has 3 N–H and O–H groups in total. The molecule has 0 aromatic carbocycles. The van der Waals surface area contributed by atoms with Gasteiger partial charge in [0.2, 0.25) is 5.95 Å². The lowest BCUT2D eigenvalue weighted by Crippen LogP contribution is -2.05. The zero-order valence-electron chi connectivity index (χ0n) is 11.8. The quantitative estimate of drug-likeness (QED) is 0.900. The molecule has 0 amide bonds. The topological polar surface area (TPSA) is 101 Å². The van der Waals surface area contributed by atoms with E-state index < -0.39 is 0 Å². The van der Waals surface area contributed by atoms with Crippen molar-refractivity contribution in [1.29, 1.82) is 5.26 Å². The van der Waals surface area contributed by atoms with Crippen molar-refractivity contribution >= 4 is 17.2 Å². The smallest absolute Gasteiger partial charge is 0.227 e. The Hall–Kier alpha value is -3.20. The Balaban J connectivity index is 1.77. The van der Waals surface area contributed by atoms with E-state index in [2.05, 4.69) is 26.3 Å². The summed E-state index contributed by atoms with van der Waals surface area (Å²) in [6, 6.07) is 5.36. The summed E-state index contributed by atoms with van der Waals surface area (Å²) in [4.78, 5) is 12.6. The van der Waals surface area contributed by atoms with Crippen LogP contribution in [0, 0.1) is 11.3 Å². The summed E-state index contributed by atoms with van der Waals surface area (Å²) in [7, 11) is 0. The molecule has 0 aliphatic heterocycles. The molecule has 2 aromatic rings. The normalized spacial score (nSPS) is 13.8. The van der Waals surface area contributed by atoms with Gasteiger partial charge >= 0.3 is 0 Å². The van der Waals surface area contributed by atoms with E-state index in [1.54, 1.807) is 30.7 Å². The molecular formula is C16H14N6. The number of nitrogens with one attached hydrogen (secondary N) is 1. The fraction of sp³-hybridized carbons (Fsp3) is 0.125. The molecule has 3 rings (SSSR count). The number of hydrogen-bond acceptors (Lipinski definition) is 6. The van der Waals surface area contributed by atoms with Crippen LogP contribution in [0.2, 0.25) is 0 Å². The third kappa shape index (κ3) is 2.94. The van der Waals surface area contributed by atoms with Gasteiger partial charge in [-0.1, -0.05) is 12.2 Å². The first-order chi connectivity index (χ1) is 10.8. The molecule has 1 aliphatic carbocycles. The number of nitriles is 1. The van der Waals surface area contributed by atoms with Crippen LogP contribution in [0.15, 0.2) is 48.6 Å². The molecule has 0 atom stereocenters. The van der Waals surface area contributed by atoms with Crippen LogP contribution < -0.4 is 11.1 Å². The summed E-state index contributed by atoms with van der Waals surface area (Å²) in [5, 5.41) is 11.8. The lowest BCUT2D eigenvalue weighted by Gasteiger charge is -2.12. The van der Waals surface area contributed by atoms with Crippen LogP contribution >= 0.6 is 0 Å². The van der Waals surface area contributed by atoms with Gasteiger partial charge in [0.05, 0.1) is 11.9 Å². The Morgan fingerprint density at radius 1 is 1.14 bits per heavy atom. The van der Waals surface area contributed by atoms with E-state index in [0.717, 1.165) is 35.4 Å². The van der Waals surface area contributed by atoms with Gasteiger partial charge in [-0.05, 0) is 25.0 Å². The predicted octanol–water partition coefficient (Wildman–Crippen LogP) is 2.51. The Labute approximate surface area is 128 Å². The van der Waals surface area contributed by atoms with Gasteiger partial charge < -0.3 is 11.1 Å². The minimum atomic E-state index is 0.369. The highest BCUT2D eigenvalue weighted by Gasteiger charge is 2.08. The van der Waals surface area contributed by atoms with E-state index in [1.807, 2.05) is 12.1 Å². The van der Waals surface area contributed by atoms with Crippen molar-refractivity contribution in [2.45, 2.75) is 12.8 Å². The number of rotatable bonds is 3. The fourth-order valence-corrected chi connectivity index (χ4v) is 2.16. The minimum Gasteiger partial charge on any atom is -0.402 e. The molecule has 1 aliphatic rings. The highest BCUT2D eigenvalue weighted by molar-refractivity contribution is 5.76. The van der Waals surface area contributed by atoms with Crippen LogP contribution in [-0.4, -0.2) is 15.0 Å². The van der Waals surface area contributed by atoms with Crippen molar-refractivity contribution in [2.24, 2.45) is 5.73 Å². The van der Waals surface area contributed by atoms with Crippen molar-refractivity contribution in [3.8, 4) is 6.07 Å². The van der Waals surface area contributed by atoms with E-state index in [0.29, 0.717) is 11.6 Å². The maximum absolute atomic E-state index is 8.72. The number of hydrogen-bond donors (Lipinski definition) is 2. The number of allylic oxidation sites excluding steroid dienone is 4. The van der Waals surface area contributed by atoms with E-state index >= 15 is 0 Å². The van der Waals surface area contributed by atoms with Crippen LogP contribution in [0.1, 0.15) is 24.1 Å². The first kappa shape index (κ1) is 13.8. The summed E-state index contributed by atoms with van der Waals surface area (Å²) in [5.41, 5.74) is 9.86. The molecule has 2 heterocycles. The summed E-state index contributed by atoms with van der Waals surface area (Å²) < 4.78 is 0. The van der Waals surface area contributed by atoms with E-state index in [1.165, 1.54) is 0 Å². The molecule has 108 valence electrons. The average molecular weight is 290 g/mol. The van der Waals surface area contributed by atoms with Crippen LogP contribution in [0.4, 0.5) is 11.6 Å². The molecule has 0 saturated heterocycles. The van der Waals surface area contributed by atoms with Crippen molar-refractivity contribution in [2.75, 3.05) is 5.32 Å². The van der Waals surface area contributed by atoms with E-state index in [9.17, 15) is 0 Å². The largest absolute Gasteiger partial charge is 0.402 e. The van der Waals surface area contributed by atoms with Gasteiger partial charge in [-0.15, -0.1) is 0 Å². The van der Waals surface area contributed by atoms with Gasteiger partial charge in [0.25, 0.3) is 0 Å². The third-order valence-corrected chi connectivity index (χ3v) is 3.31. The minimum absolute atomic E-state index is 0.369. The Morgan fingerprint density at radius 2 is 1.95 bits per heavy atom. The second-order valence-corrected chi connectivity index (χ2v) is 4.84. The number of nitrogens with zero attached hydrogens (tertiary/aromatic N) is 4. The molecule has 0 spiro atoms. The Morgan fingerprint density at radius 3 is 2.59 bits per heavy atom. The number of anilines is 2. The van der Waals surface area contributed by atoms with Crippen LogP contribution in [0.3, 0.4) is 0 Å². The monoisotopic (exact) mass is 290 g/mol. The molecule has 2 aromatic heterocycles. The maximum Gasteiger partial charge on any atom is 0.227 e. The molecule has 6 nitrogen and oxygen atoms in total. The standard InChI is InChI=1S/C16H14N6/c17-7-12-5-6-13(10-19-12)22-16-20-8-11(9-21-16)14-3-1-2-4-15(14)18/h1,3,5-6,8-10H,2,4,18H2,(H,20,21,22). The van der Waals surface area contributed by atoms with Gasteiger partial charge in [0.15, 0.2) is 0 Å². The number of pyridine rings is 1. The molecular weight excluding hydrogens is 276 g/mol. The molecule has 0 radical (unpaired) electrons. The SMILES string of the molecule is N#Cc1ccc(Nc2ncc(C3=C(N)CCC=C3)cn2)cn1. The van der Waals surface area contributed by atoms with Gasteiger partial charge in [-0.2, -0.15) is 5.26 Å². The molecule has 0 unspecified atom stereocenters. The fourth-order valence-electron chi connectivity index (χ4n) is 2.16. The van der Waals surface area contributed by atoms with Crippen molar-refractivity contribution < 1.29 is 0 Å². The van der Waals surface area contributed by atoms with Gasteiger partial charge in [0.1, 0.15) is 11.8 Å². The first-order valence-electron chi connectivity index (χ1n) is 6.87.